The average molecular weight is 549 g/mol. The Balaban J connectivity index is 1.47. The van der Waals surface area contributed by atoms with Crippen molar-refractivity contribution in [2.45, 2.75) is 24.9 Å². The standard InChI is InChI=1S/C40H40Si/c1-27-21-23-33-31-17-9-11-19-35(31)39(37(33)25-27)41(29-13-5-3-6-14-29,30-15-7-4-8-16-30)40-36-20-12-10-18-32(36)34-24-22-28(2)26-38(34)40/h3-26,31-40H,1-2H3. The smallest absolute Gasteiger partial charge is 0.0808 e. The fourth-order valence-electron chi connectivity index (χ4n) is 10.3. The van der Waals surface area contributed by atoms with Gasteiger partial charge < -0.3 is 0 Å². The number of rotatable bonds is 4. The molecule has 0 saturated heterocycles. The summed E-state index contributed by atoms with van der Waals surface area (Å²) in [4.78, 5) is 0. The minimum Gasteiger partial charge on any atom is -0.0808 e. The summed E-state index contributed by atoms with van der Waals surface area (Å²) in [6, 6.07) is 23.9. The van der Waals surface area contributed by atoms with Crippen molar-refractivity contribution in [1.82, 2.24) is 0 Å². The topological polar surface area (TPSA) is 0 Å². The van der Waals surface area contributed by atoms with Crippen molar-refractivity contribution in [2.75, 3.05) is 0 Å². The van der Waals surface area contributed by atoms with Crippen LogP contribution in [0.15, 0.2) is 157 Å². The molecule has 2 fully saturated rings. The van der Waals surface area contributed by atoms with Gasteiger partial charge in [-0.15, -0.1) is 0 Å². The summed E-state index contributed by atoms with van der Waals surface area (Å²) in [6.45, 7) is 4.64. The van der Waals surface area contributed by atoms with Gasteiger partial charge in [0.2, 0.25) is 0 Å². The van der Waals surface area contributed by atoms with Gasteiger partial charge in [0.1, 0.15) is 8.07 Å². The second kappa shape index (κ2) is 9.84. The van der Waals surface area contributed by atoms with Gasteiger partial charge in [0.05, 0.1) is 0 Å². The van der Waals surface area contributed by atoms with E-state index < -0.39 is 8.07 Å². The highest BCUT2D eigenvalue weighted by Gasteiger charge is 2.66. The summed E-state index contributed by atoms with van der Waals surface area (Å²) in [7, 11) is -2.50. The molecule has 0 radical (unpaired) electrons. The van der Waals surface area contributed by atoms with Crippen LogP contribution in [0, 0.1) is 47.3 Å². The van der Waals surface area contributed by atoms with E-state index in [1.807, 2.05) is 0 Å². The summed E-state index contributed by atoms with van der Waals surface area (Å²) in [5, 5.41) is 3.26. The molecule has 6 aliphatic rings. The molecule has 0 heterocycles. The summed E-state index contributed by atoms with van der Waals surface area (Å²) < 4.78 is 0. The fourth-order valence-corrected chi connectivity index (χ4v) is 17.8. The largest absolute Gasteiger partial charge is 0.126 e. The van der Waals surface area contributed by atoms with Crippen LogP contribution in [0.1, 0.15) is 13.8 Å². The molecule has 41 heavy (non-hydrogen) atoms. The first-order chi connectivity index (χ1) is 20.2. The van der Waals surface area contributed by atoms with Gasteiger partial charge in [0.25, 0.3) is 0 Å². The molecule has 10 unspecified atom stereocenters. The lowest BCUT2D eigenvalue weighted by molar-refractivity contribution is 0.459. The zero-order valence-electron chi connectivity index (χ0n) is 24.1. The van der Waals surface area contributed by atoms with Crippen LogP contribution in [0.25, 0.3) is 0 Å². The van der Waals surface area contributed by atoms with E-state index in [0.717, 1.165) is 0 Å². The molecule has 2 saturated carbocycles. The first-order valence-corrected chi connectivity index (χ1v) is 17.9. The Hall–Kier alpha value is -3.42. The maximum atomic E-state index is 2.69. The number of fused-ring (bicyclic) bond motifs is 6. The van der Waals surface area contributed by atoms with E-state index in [9.17, 15) is 0 Å². The Morgan fingerprint density at radius 1 is 0.415 bits per heavy atom. The lowest BCUT2D eigenvalue weighted by Crippen LogP contribution is -2.68. The Morgan fingerprint density at radius 2 is 0.780 bits per heavy atom. The zero-order valence-corrected chi connectivity index (χ0v) is 25.1. The number of hydrogen-bond donors (Lipinski definition) is 0. The quantitative estimate of drug-likeness (QED) is 0.338. The Labute approximate surface area is 247 Å². The van der Waals surface area contributed by atoms with Crippen LogP contribution in [0.5, 0.6) is 0 Å². The number of allylic oxidation sites excluding steroid dienone is 16. The first-order valence-electron chi connectivity index (χ1n) is 15.7. The SMILES string of the molecule is CC1=CC2C(C=C1)C1C=CC=CC1C2[Si](c1ccccc1)(c1ccccc1)C1C2C=CC=CC2C2C=CC(C)=CC21. The van der Waals surface area contributed by atoms with Crippen LogP contribution in [0.4, 0.5) is 0 Å². The average Bonchev–Trinajstić information content (AvgIpc) is 3.52. The van der Waals surface area contributed by atoms with Crippen LogP contribution in [0.3, 0.4) is 0 Å². The molecule has 0 spiro atoms. The van der Waals surface area contributed by atoms with Crippen molar-refractivity contribution in [3.63, 3.8) is 0 Å². The summed E-state index contributed by atoms with van der Waals surface area (Å²) in [5.74, 6) is 4.41. The third-order valence-electron chi connectivity index (χ3n) is 11.5. The number of hydrogen-bond acceptors (Lipinski definition) is 0. The van der Waals surface area contributed by atoms with Crippen molar-refractivity contribution in [3.8, 4) is 0 Å². The molecule has 0 nitrogen and oxygen atoms in total. The predicted molar refractivity (Wildman–Crippen MR) is 176 cm³/mol. The van der Waals surface area contributed by atoms with E-state index >= 15 is 0 Å². The molecule has 10 atom stereocenters. The van der Waals surface area contributed by atoms with Crippen molar-refractivity contribution in [2.24, 2.45) is 47.3 Å². The van der Waals surface area contributed by atoms with E-state index in [1.165, 1.54) is 11.1 Å². The zero-order chi connectivity index (χ0) is 27.6. The van der Waals surface area contributed by atoms with Gasteiger partial charge in [0, 0.05) is 0 Å². The highest BCUT2D eigenvalue weighted by atomic mass is 28.3. The van der Waals surface area contributed by atoms with Crippen LogP contribution in [-0.2, 0) is 0 Å². The minimum absolute atomic E-state index is 0.540. The highest BCUT2D eigenvalue weighted by molar-refractivity contribution is 7.04. The molecule has 0 N–H and O–H groups in total. The van der Waals surface area contributed by atoms with Crippen molar-refractivity contribution in [1.29, 1.82) is 0 Å². The van der Waals surface area contributed by atoms with Gasteiger partial charge in [0.15, 0.2) is 0 Å². The molecule has 8 rings (SSSR count). The molecule has 0 bridgehead atoms. The Kier molecular flexibility index (Phi) is 6.07. The molecule has 6 aliphatic carbocycles. The summed E-state index contributed by atoms with van der Waals surface area (Å²) >= 11 is 0. The van der Waals surface area contributed by atoms with Gasteiger partial charge in [-0.3, -0.25) is 0 Å². The molecular formula is C40H40Si. The minimum atomic E-state index is -2.50. The van der Waals surface area contributed by atoms with Gasteiger partial charge in [-0.1, -0.05) is 167 Å². The van der Waals surface area contributed by atoms with Crippen LogP contribution in [0.2, 0.25) is 11.1 Å². The van der Waals surface area contributed by atoms with Crippen molar-refractivity contribution in [3.05, 3.63) is 157 Å². The van der Waals surface area contributed by atoms with E-state index in [4.69, 9.17) is 0 Å². The third-order valence-corrected chi connectivity index (χ3v) is 17.7. The summed E-state index contributed by atoms with van der Waals surface area (Å²) in [6.07, 6.45) is 35.0. The highest BCUT2D eigenvalue weighted by Crippen LogP contribution is 2.66. The summed E-state index contributed by atoms with van der Waals surface area (Å²) in [5.41, 5.74) is 4.02. The van der Waals surface area contributed by atoms with E-state index in [-0.39, 0.29) is 0 Å². The second-order valence-corrected chi connectivity index (χ2v) is 17.6. The molecule has 1 heteroatoms. The van der Waals surface area contributed by atoms with E-state index in [2.05, 4.69) is 160 Å². The molecule has 0 aliphatic heterocycles. The maximum absolute atomic E-state index is 2.69. The first kappa shape index (κ1) is 25.3. The molecule has 0 amide bonds. The van der Waals surface area contributed by atoms with Gasteiger partial charge in [-0.2, -0.15) is 0 Å². The van der Waals surface area contributed by atoms with Crippen LogP contribution < -0.4 is 10.4 Å². The maximum Gasteiger partial charge on any atom is 0.126 e. The van der Waals surface area contributed by atoms with Crippen LogP contribution >= 0.6 is 0 Å². The lowest BCUT2D eigenvalue weighted by Gasteiger charge is -2.51. The normalized spacial score (nSPS) is 37.7. The second-order valence-electron chi connectivity index (χ2n) is 13.4. The molecule has 2 aromatic rings. The van der Waals surface area contributed by atoms with Crippen molar-refractivity contribution < 1.29 is 0 Å². The van der Waals surface area contributed by atoms with E-state index in [1.54, 1.807) is 10.4 Å². The van der Waals surface area contributed by atoms with Gasteiger partial charge in [-0.05, 0) is 72.3 Å². The van der Waals surface area contributed by atoms with Crippen molar-refractivity contribution >= 4 is 18.4 Å². The van der Waals surface area contributed by atoms with E-state index in [0.29, 0.717) is 58.4 Å². The van der Waals surface area contributed by atoms with Crippen LogP contribution in [-0.4, -0.2) is 8.07 Å². The predicted octanol–water partition coefficient (Wildman–Crippen LogP) is 8.23. The number of benzene rings is 2. The lowest BCUT2D eigenvalue weighted by atomic mass is 9.82. The fraction of sp³-hybridized carbons (Fsp3) is 0.300. The molecule has 204 valence electrons. The van der Waals surface area contributed by atoms with Gasteiger partial charge >= 0.3 is 0 Å². The molecular weight excluding hydrogens is 509 g/mol. The Bertz CT molecular complexity index is 1440. The molecule has 0 aromatic heterocycles. The molecule has 2 aromatic carbocycles. The monoisotopic (exact) mass is 548 g/mol. The Morgan fingerprint density at radius 3 is 1.20 bits per heavy atom. The van der Waals surface area contributed by atoms with Gasteiger partial charge in [-0.25, -0.2) is 0 Å². The third kappa shape index (κ3) is 3.71.